The third-order valence-corrected chi connectivity index (χ3v) is 4.32. The topological polar surface area (TPSA) is 77.2 Å². The van der Waals surface area contributed by atoms with Gasteiger partial charge in [-0.25, -0.2) is 4.79 Å². The van der Waals surface area contributed by atoms with Crippen LogP contribution in [0.4, 0.5) is 0 Å². The summed E-state index contributed by atoms with van der Waals surface area (Å²) in [4.78, 5) is 12.7. The van der Waals surface area contributed by atoms with Gasteiger partial charge in [0.2, 0.25) is 0 Å². The molecule has 1 N–H and O–H groups in total. The van der Waals surface area contributed by atoms with E-state index in [-0.39, 0.29) is 17.8 Å². The number of aromatic nitrogens is 3. The summed E-state index contributed by atoms with van der Waals surface area (Å²) in [6, 6.07) is 11.4. The normalized spacial score (nSPS) is 11.5. The van der Waals surface area contributed by atoms with Gasteiger partial charge in [-0.15, -0.1) is 15.0 Å². The lowest BCUT2D eigenvalue weighted by atomic mass is 9.85. The monoisotopic (exact) mass is 365 g/mol. The summed E-state index contributed by atoms with van der Waals surface area (Å²) < 4.78 is 5.06. The lowest BCUT2D eigenvalue weighted by molar-refractivity contribution is -0.137. The fraction of sp³-hybridized carbons (Fsp3) is 0.286. The molecule has 0 radical (unpaired) electrons. The number of rotatable bonds is 5. The van der Waals surface area contributed by atoms with E-state index in [1.807, 2.05) is 36.4 Å². The van der Waals surface area contributed by atoms with Crippen LogP contribution in [0.2, 0.25) is 0 Å². The van der Waals surface area contributed by atoms with Gasteiger partial charge in [0.25, 0.3) is 0 Å². The van der Waals surface area contributed by atoms with E-state index < -0.39 is 5.97 Å². The highest BCUT2D eigenvalue weighted by Crippen LogP contribution is 2.33. The Morgan fingerprint density at radius 3 is 2.41 bits per heavy atom. The third kappa shape index (κ3) is 4.00. The zero-order valence-corrected chi connectivity index (χ0v) is 15.8. The molecule has 140 valence electrons. The summed E-state index contributed by atoms with van der Waals surface area (Å²) in [5, 5.41) is 19.8. The van der Waals surface area contributed by atoms with Crippen molar-refractivity contribution in [3.8, 4) is 11.4 Å². The largest absolute Gasteiger partial charge is 0.505 e. The van der Waals surface area contributed by atoms with Gasteiger partial charge in [0.1, 0.15) is 22.5 Å². The molecule has 0 atom stereocenters. The number of esters is 1. The molecule has 0 saturated heterocycles. The van der Waals surface area contributed by atoms with Crippen molar-refractivity contribution in [1.29, 1.82) is 0 Å². The number of hydrogen-bond acceptors (Lipinski definition) is 5. The molecule has 0 aliphatic rings. The van der Waals surface area contributed by atoms with Crippen molar-refractivity contribution in [2.24, 2.45) is 0 Å². The first-order chi connectivity index (χ1) is 12.8. The number of fused-ring (bicyclic) bond motifs is 1. The van der Waals surface area contributed by atoms with Crippen LogP contribution < -0.4 is 0 Å². The van der Waals surface area contributed by atoms with Gasteiger partial charge in [-0.05, 0) is 34.7 Å². The van der Waals surface area contributed by atoms with Crippen molar-refractivity contribution in [3.63, 3.8) is 0 Å². The Hall–Kier alpha value is -3.15. The zero-order chi connectivity index (χ0) is 19.6. The van der Waals surface area contributed by atoms with Crippen LogP contribution >= 0.6 is 0 Å². The number of benzene rings is 2. The van der Waals surface area contributed by atoms with Crippen molar-refractivity contribution < 1.29 is 14.6 Å². The van der Waals surface area contributed by atoms with Gasteiger partial charge in [0, 0.05) is 12.5 Å². The Balaban J connectivity index is 2.05. The smallest absolute Gasteiger partial charge is 0.330 e. The molecule has 2 aromatic carbocycles. The third-order valence-electron chi connectivity index (χ3n) is 4.32. The molecule has 27 heavy (non-hydrogen) atoms. The predicted molar refractivity (Wildman–Crippen MR) is 104 cm³/mol. The molecule has 0 saturated carbocycles. The molecule has 1 heterocycles. The summed E-state index contributed by atoms with van der Waals surface area (Å²) >= 11 is 0. The van der Waals surface area contributed by atoms with Crippen molar-refractivity contribution in [1.82, 2.24) is 15.0 Å². The maximum absolute atomic E-state index is 11.3. The summed E-state index contributed by atoms with van der Waals surface area (Å²) in [6.45, 7) is 9.82. The quantitative estimate of drug-likeness (QED) is 0.551. The first kappa shape index (κ1) is 18.6. The molecule has 0 unspecified atom stereocenters. The highest BCUT2D eigenvalue weighted by atomic mass is 16.5. The van der Waals surface area contributed by atoms with Crippen molar-refractivity contribution in [2.75, 3.05) is 6.61 Å². The number of phenolic OH excluding ortho intramolecular Hbond substituents is 1. The Morgan fingerprint density at radius 1 is 1.22 bits per heavy atom. The number of carbonyl (C=O) groups is 1. The van der Waals surface area contributed by atoms with Crippen LogP contribution in [0.15, 0.2) is 49.1 Å². The van der Waals surface area contributed by atoms with Crippen LogP contribution in [-0.2, 0) is 21.4 Å². The molecule has 0 aliphatic heterocycles. The molecule has 3 rings (SSSR count). The summed E-state index contributed by atoms with van der Waals surface area (Å²) in [5.41, 5.74) is 3.57. The van der Waals surface area contributed by atoms with Crippen LogP contribution in [0.5, 0.6) is 5.75 Å². The molecule has 6 nitrogen and oxygen atoms in total. The number of nitrogens with zero attached hydrogens (tertiary/aromatic N) is 3. The second kappa shape index (κ2) is 7.23. The van der Waals surface area contributed by atoms with E-state index in [9.17, 15) is 9.90 Å². The van der Waals surface area contributed by atoms with E-state index in [1.54, 1.807) is 0 Å². The number of carbonyl (C=O) groups excluding carboxylic acids is 1. The summed E-state index contributed by atoms with van der Waals surface area (Å²) in [5.74, 6) is -0.403. The Bertz CT molecular complexity index is 967. The van der Waals surface area contributed by atoms with E-state index >= 15 is 0 Å². The molecule has 0 fully saturated rings. The minimum atomic E-state index is -0.485. The number of phenols is 1. The molecular formula is C21H23N3O3. The van der Waals surface area contributed by atoms with E-state index in [2.05, 4.69) is 37.5 Å². The molecule has 0 aliphatic carbocycles. The van der Waals surface area contributed by atoms with Gasteiger partial charge in [-0.1, -0.05) is 45.5 Å². The Kier molecular flexibility index (Phi) is 4.99. The number of ether oxygens (including phenoxy) is 1. The molecular weight excluding hydrogens is 342 g/mol. The average molecular weight is 365 g/mol. The van der Waals surface area contributed by atoms with E-state index in [4.69, 9.17) is 4.74 Å². The van der Waals surface area contributed by atoms with Gasteiger partial charge in [0.05, 0.1) is 6.61 Å². The Labute approximate surface area is 158 Å². The van der Waals surface area contributed by atoms with Crippen LogP contribution in [-0.4, -0.2) is 32.7 Å². The van der Waals surface area contributed by atoms with Crippen molar-refractivity contribution in [2.45, 2.75) is 32.6 Å². The second-order valence-corrected chi connectivity index (χ2v) is 7.35. The van der Waals surface area contributed by atoms with Gasteiger partial charge < -0.3 is 9.84 Å². The van der Waals surface area contributed by atoms with Gasteiger partial charge in [-0.2, -0.15) is 0 Å². The number of aromatic hydroxyl groups is 1. The minimum absolute atomic E-state index is 0.0814. The summed E-state index contributed by atoms with van der Waals surface area (Å²) in [7, 11) is 0. The van der Waals surface area contributed by atoms with Gasteiger partial charge >= 0.3 is 5.97 Å². The zero-order valence-electron chi connectivity index (χ0n) is 15.8. The lowest BCUT2D eigenvalue weighted by Gasteiger charge is -2.22. The fourth-order valence-electron chi connectivity index (χ4n) is 2.74. The minimum Gasteiger partial charge on any atom is -0.505 e. The maximum Gasteiger partial charge on any atom is 0.330 e. The molecule has 3 aromatic rings. The van der Waals surface area contributed by atoms with Gasteiger partial charge in [-0.3, -0.25) is 0 Å². The molecule has 0 bridgehead atoms. The SMILES string of the molecule is C=CC(=O)OCCc1cc(C(C)(C)C)cc(-n2nc3ccccc3n2)c1O. The lowest BCUT2D eigenvalue weighted by Crippen LogP contribution is -2.14. The van der Waals surface area contributed by atoms with Crippen LogP contribution in [0.3, 0.4) is 0 Å². The molecule has 0 amide bonds. The average Bonchev–Trinajstić information content (AvgIpc) is 3.05. The second-order valence-electron chi connectivity index (χ2n) is 7.35. The predicted octanol–water partition coefficient (Wildman–Crippen LogP) is 3.70. The highest BCUT2D eigenvalue weighted by Gasteiger charge is 2.21. The Morgan fingerprint density at radius 2 is 1.85 bits per heavy atom. The van der Waals surface area contributed by atoms with E-state index in [0.29, 0.717) is 17.7 Å². The molecule has 1 aromatic heterocycles. The summed E-state index contributed by atoms with van der Waals surface area (Å²) in [6.07, 6.45) is 1.50. The fourth-order valence-corrected chi connectivity index (χ4v) is 2.74. The van der Waals surface area contributed by atoms with Gasteiger partial charge in [0.15, 0.2) is 0 Å². The standard InChI is InChI=1S/C21H23N3O3/c1-5-19(25)27-11-10-14-12-15(21(2,3)4)13-18(20(14)26)24-22-16-8-6-7-9-17(16)23-24/h5-9,12-13,26H,1,10-11H2,2-4H3. The highest BCUT2D eigenvalue weighted by molar-refractivity contribution is 5.81. The molecule has 6 heteroatoms. The van der Waals surface area contributed by atoms with Crippen LogP contribution in [0.25, 0.3) is 16.7 Å². The van der Waals surface area contributed by atoms with Crippen molar-refractivity contribution >= 4 is 17.0 Å². The van der Waals surface area contributed by atoms with Crippen molar-refractivity contribution in [3.05, 3.63) is 60.2 Å². The van der Waals surface area contributed by atoms with E-state index in [0.717, 1.165) is 22.7 Å². The number of hydrogen-bond donors (Lipinski definition) is 1. The first-order valence-electron chi connectivity index (χ1n) is 8.77. The maximum atomic E-state index is 11.3. The molecule has 0 spiro atoms. The van der Waals surface area contributed by atoms with Crippen LogP contribution in [0.1, 0.15) is 31.9 Å². The van der Waals surface area contributed by atoms with Crippen LogP contribution in [0, 0.1) is 0 Å². The first-order valence-corrected chi connectivity index (χ1v) is 8.77. The van der Waals surface area contributed by atoms with E-state index in [1.165, 1.54) is 4.80 Å².